The van der Waals surface area contributed by atoms with Crippen molar-refractivity contribution in [3.05, 3.63) is 34.9 Å². The predicted octanol–water partition coefficient (Wildman–Crippen LogP) is 5.54. The van der Waals surface area contributed by atoms with Gasteiger partial charge in [0, 0.05) is 7.11 Å². The average Bonchev–Trinajstić information content (AvgIpc) is 2.38. The number of hydrogen-bond acceptors (Lipinski definition) is 1. The van der Waals surface area contributed by atoms with E-state index in [0.29, 0.717) is 12.5 Å². The molecule has 0 fully saturated rings. The molecule has 2 unspecified atom stereocenters. The fourth-order valence-electron chi connectivity index (χ4n) is 2.42. The largest absolute Gasteiger partial charge is 0.380 e. The average molecular weight is 264 g/mol. The molecular formula is C18H32O. The summed E-state index contributed by atoms with van der Waals surface area (Å²) in [6.07, 6.45) is 4.51. The lowest BCUT2D eigenvalue weighted by atomic mass is 9.82. The Balaban J connectivity index is 5.13. The Kier molecular flexibility index (Phi) is 8.75. The predicted molar refractivity (Wildman–Crippen MR) is 86.4 cm³/mol. The lowest BCUT2D eigenvalue weighted by molar-refractivity contribution is 0.225. The van der Waals surface area contributed by atoms with Crippen LogP contribution in [0.5, 0.6) is 0 Å². The third kappa shape index (κ3) is 5.78. The van der Waals surface area contributed by atoms with E-state index in [1.54, 1.807) is 7.11 Å². The smallest absolute Gasteiger partial charge is 0.0676 e. The molecule has 0 aromatic rings. The van der Waals surface area contributed by atoms with Gasteiger partial charge in [-0.05, 0) is 50.2 Å². The van der Waals surface area contributed by atoms with Crippen LogP contribution in [0.1, 0.15) is 54.4 Å². The van der Waals surface area contributed by atoms with E-state index in [1.807, 2.05) is 0 Å². The van der Waals surface area contributed by atoms with Gasteiger partial charge in [0.05, 0.1) is 6.61 Å². The molecule has 0 radical (unpaired) electrons. The summed E-state index contributed by atoms with van der Waals surface area (Å²) in [5, 5.41) is 0. The molecule has 0 bridgehead atoms. The second-order valence-corrected chi connectivity index (χ2v) is 5.69. The van der Waals surface area contributed by atoms with Gasteiger partial charge in [-0.15, -0.1) is 0 Å². The van der Waals surface area contributed by atoms with Crippen molar-refractivity contribution in [1.29, 1.82) is 0 Å². The minimum absolute atomic E-state index is 0.625. The molecule has 0 saturated carbocycles. The van der Waals surface area contributed by atoms with Crippen LogP contribution in [0.2, 0.25) is 0 Å². The Morgan fingerprint density at radius 1 is 1.26 bits per heavy atom. The van der Waals surface area contributed by atoms with Crippen LogP contribution in [-0.4, -0.2) is 13.7 Å². The van der Waals surface area contributed by atoms with E-state index in [4.69, 9.17) is 4.74 Å². The second kappa shape index (κ2) is 9.14. The normalized spacial score (nSPS) is 16.9. The standard InChI is InChI=1S/C18H32O/c1-9-14(5)16(7)17(10-2)11-18(13(3)4)15(6)12-19-8/h10,14,16H,3,9,11-12H2,1-2,4-8H3. The summed E-state index contributed by atoms with van der Waals surface area (Å²) in [6, 6.07) is 0. The third-order valence-electron chi connectivity index (χ3n) is 4.23. The third-order valence-corrected chi connectivity index (χ3v) is 4.23. The van der Waals surface area contributed by atoms with Crippen LogP contribution in [0.25, 0.3) is 0 Å². The molecule has 0 N–H and O–H groups in total. The van der Waals surface area contributed by atoms with Crippen molar-refractivity contribution >= 4 is 0 Å². The van der Waals surface area contributed by atoms with Crippen LogP contribution in [0.3, 0.4) is 0 Å². The van der Waals surface area contributed by atoms with E-state index in [1.165, 1.54) is 23.1 Å². The molecule has 0 spiro atoms. The highest BCUT2D eigenvalue weighted by Crippen LogP contribution is 2.30. The van der Waals surface area contributed by atoms with Crippen molar-refractivity contribution in [2.75, 3.05) is 13.7 Å². The molecular weight excluding hydrogens is 232 g/mol. The summed E-state index contributed by atoms with van der Waals surface area (Å²) in [6.45, 7) is 18.1. The lowest BCUT2D eigenvalue weighted by Gasteiger charge is -2.24. The molecule has 0 aliphatic heterocycles. The highest BCUT2D eigenvalue weighted by Gasteiger charge is 2.17. The molecule has 2 atom stereocenters. The molecule has 0 aromatic carbocycles. The van der Waals surface area contributed by atoms with Gasteiger partial charge in [0.1, 0.15) is 0 Å². The molecule has 0 heterocycles. The van der Waals surface area contributed by atoms with Gasteiger partial charge in [0.15, 0.2) is 0 Å². The summed E-state index contributed by atoms with van der Waals surface area (Å²) in [5.74, 6) is 1.35. The van der Waals surface area contributed by atoms with E-state index in [2.05, 4.69) is 54.2 Å². The van der Waals surface area contributed by atoms with Gasteiger partial charge in [-0.1, -0.05) is 51.0 Å². The topological polar surface area (TPSA) is 9.23 Å². The van der Waals surface area contributed by atoms with E-state index in [0.717, 1.165) is 17.9 Å². The fourth-order valence-corrected chi connectivity index (χ4v) is 2.42. The summed E-state index contributed by atoms with van der Waals surface area (Å²) < 4.78 is 5.26. The molecule has 110 valence electrons. The van der Waals surface area contributed by atoms with Gasteiger partial charge in [0.25, 0.3) is 0 Å². The Morgan fingerprint density at radius 2 is 1.84 bits per heavy atom. The molecule has 19 heavy (non-hydrogen) atoms. The Hall–Kier alpha value is -0.820. The first kappa shape index (κ1) is 18.2. The maximum absolute atomic E-state index is 5.26. The minimum Gasteiger partial charge on any atom is -0.380 e. The van der Waals surface area contributed by atoms with E-state index in [-0.39, 0.29) is 0 Å². The second-order valence-electron chi connectivity index (χ2n) is 5.69. The molecule has 0 rings (SSSR count). The molecule has 0 aliphatic rings. The van der Waals surface area contributed by atoms with Crippen molar-refractivity contribution in [3.63, 3.8) is 0 Å². The Labute approximate surface area is 120 Å². The summed E-state index contributed by atoms with van der Waals surface area (Å²) >= 11 is 0. The first-order chi connectivity index (χ1) is 8.88. The van der Waals surface area contributed by atoms with E-state index < -0.39 is 0 Å². The minimum atomic E-state index is 0.625. The number of allylic oxidation sites excluding steroid dienone is 4. The Bertz CT molecular complexity index is 347. The number of hydrogen-bond donors (Lipinski definition) is 0. The molecule has 0 aromatic heterocycles. The van der Waals surface area contributed by atoms with Gasteiger partial charge in [0.2, 0.25) is 0 Å². The number of methoxy groups -OCH3 is 1. The monoisotopic (exact) mass is 264 g/mol. The van der Waals surface area contributed by atoms with Crippen LogP contribution in [0.4, 0.5) is 0 Å². The summed E-state index contributed by atoms with van der Waals surface area (Å²) in [4.78, 5) is 0. The van der Waals surface area contributed by atoms with E-state index in [9.17, 15) is 0 Å². The molecule has 1 nitrogen and oxygen atoms in total. The zero-order valence-electron chi connectivity index (χ0n) is 14.0. The summed E-state index contributed by atoms with van der Waals surface area (Å²) in [7, 11) is 1.75. The van der Waals surface area contributed by atoms with Crippen LogP contribution in [0, 0.1) is 11.8 Å². The first-order valence-corrected chi connectivity index (χ1v) is 7.37. The number of rotatable bonds is 8. The lowest BCUT2D eigenvalue weighted by Crippen LogP contribution is -2.11. The highest BCUT2D eigenvalue weighted by atomic mass is 16.5. The first-order valence-electron chi connectivity index (χ1n) is 7.37. The van der Waals surface area contributed by atoms with E-state index >= 15 is 0 Å². The van der Waals surface area contributed by atoms with Gasteiger partial charge in [-0.25, -0.2) is 0 Å². The zero-order chi connectivity index (χ0) is 15.0. The zero-order valence-corrected chi connectivity index (χ0v) is 14.0. The highest BCUT2D eigenvalue weighted by molar-refractivity contribution is 5.36. The molecule has 0 aliphatic carbocycles. The van der Waals surface area contributed by atoms with Gasteiger partial charge in [-0.2, -0.15) is 0 Å². The quantitative estimate of drug-likeness (QED) is 0.413. The van der Waals surface area contributed by atoms with Crippen LogP contribution >= 0.6 is 0 Å². The van der Waals surface area contributed by atoms with Crippen LogP contribution in [0.15, 0.2) is 34.9 Å². The van der Waals surface area contributed by atoms with Gasteiger partial charge < -0.3 is 4.74 Å². The van der Waals surface area contributed by atoms with Gasteiger partial charge >= 0.3 is 0 Å². The SMILES string of the molecule is C=C(C)C(CC(=CC)C(C)C(C)CC)=C(C)COC. The molecule has 1 heteroatoms. The van der Waals surface area contributed by atoms with Crippen molar-refractivity contribution < 1.29 is 4.74 Å². The maximum atomic E-state index is 5.26. The number of ether oxygens (including phenoxy) is 1. The van der Waals surface area contributed by atoms with Crippen molar-refractivity contribution in [2.45, 2.75) is 54.4 Å². The Morgan fingerprint density at radius 3 is 2.21 bits per heavy atom. The van der Waals surface area contributed by atoms with Crippen LogP contribution < -0.4 is 0 Å². The van der Waals surface area contributed by atoms with Crippen molar-refractivity contribution in [3.8, 4) is 0 Å². The van der Waals surface area contributed by atoms with Crippen LogP contribution in [-0.2, 0) is 4.74 Å². The molecule has 0 saturated heterocycles. The summed E-state index contributed by atoms with van der Waals surface area (Å²) in [5.41, 5.74) is 5.32. The van der Waals surface area contributed by atoms with Crippen molar-refractivity contribution in [1.82, 2.24) is 0 Å². The van der Waals surface area contributed by atoms with Gasteiger partial charge in [-0.3, -0.25) is 0 Å². The maximum Gasteiger partial charge on any atom is 0.0676 e. The van der Waals surface area contributed by atoms with Crippen molar-refractivity contribution in [2.24, 2.45) is 11.8 Å². The molecule has 0 amide bonds. The fraction of sp³-hybridized carbons (Fsp3) is 0.667.